The van der Waals surface area contributed by atoms with Crippen molar-refractivity contribution in [1.29, 1.82) is 0 Å². The summed E-state index contributed by atoms with van der Waals surface area (Å²) in [5.74, 6) is 0.751. The molecule has 0 N–H and O–H groups in total. The molecule has 9 rings (SSSR count). The first-order valence-electron chi connectivity index (χ1n) is 13.4. The molecule has 3 heterocycles. The number of rotatable bonds is 2. The molecule has 8 aromatic rings. The fraction of sp³-hybridized carbons (Fsp3) is 0. The fourth-order valence-electron chi connectivity index (χ4n) is 6.21. The molecule has 0 saturated carbocycles. The summed E-state index contributed by atoms with van der Waals surface area (Å²) in [4.78, 5) is 12.6. The number of aromatic nitrogens is 3. The van der Waals surface area contributed by atoms with Gasteiger partial charge in [0.25, 0.3) is 0 Å². The van der Waals surface area contributed by atoms with Crippen LogP contribution in [0.15, 0.2) is 137 Å². The molecule has 6 aromatic carbocycles. The van der Waals surface area contributed by atoms with E-state index in [0.717, 1.165) is 33.7 Å². The Kier molecular flexibility index (Phi) is 4.54. The molecule has 0 radical (unpaired) electrons. The lowest BCUT2D eigenvalue weighted by atomic mass is 10.0. The van der Waals surface area contributed by atoms with Gasteiger partial charge in [-0.15, -0.1) is 0 Å². The standard InChI is InChI=1S/C36H21N3S/c1-2-9-25-22(8-1)18-21-30-33(25)26-10-3-5-13-29(26)39(30)24-19-16-23(17-20-24)36-37-28-12-7-15-32-34(28)35(38-36)27-11-4-6-14-31(27)40-32/h1-21H. The van der Waals surface area contributed by atoms with Crippen LogP contribution in [0.25, 0.3) is 71.8 Å². The van der Waals surface area contributed by atoms with Gasteiger partial charge in [0, 0.05) is 42.8 Å². The molecule has 0 atom stereocenters. The lowest BCUT2D eigenvalue weighted by Gasteiger charge is -2.19. The highest BCUT2D eigenvalue weighted by Gasteiger charge is 2.22. The van der Waals surface area contributed by atoms with E-state index in [1.54, 1.807) is 11.8 Å². The molecule has 0 spiro atoms. The smallest absolute Gasteiger partial charge is 0.160 e. The van der Waals surface area contributed by atoms with Crippen molar-refractivity contribution in [3.05, 3.63) is 127 Å². The predicted molar refractivity (Wildman–Crippen MR) is 166 cm³/mol. The minimum Gasteiger partial charge on any atom is -0.309 e. The molecule has 4 heteroatoms. The Morgan fingerprint density at radius 1 is 0.525 bits per heavy atom. The molecule has 1 aliphatic heterocycles. The van der Waals surface area contributed by atoms with Crippen LogP contribution in [0.4, 0.5) is 0 Å². The van der Waals surface area contributed by atoms with Gasteiger partial charge in [0.1, 0.15) is 0 Å². The summed E-state index contributed by atoms with van der Waals surface area (Å²) in [5.41, 5.74) is 7.72. The monoisotopic (exact) mass is 527 g/mol. The second-order valence-electron chi connectivity index (χ2n) is 10.2. The predicted octanol–water partition coefficient (Wildman–Crippen LogP) is 9.68. The molecule has 1 aliphatic rings. The Bertz CT molecular complexity index is 2300. The van der Waals surface area contributed by atoms with Crippen molar-refractivity contribution in [3.8, 4) is 28.3 Å². The van der Waals surface area contributed by atoms with Crippen LogP contribution >= 0.6 is 11.8 Å². The largest absolute Gasteiger partial charge is 0.309 e. The van der Waals surface area contributed by atoms with E-state index in [1.165, 1.54) is 47.9 Å². The Balaban J connectivity index is 1.23. The van der Waals surface area contributed by atoms with Gasteiger partial charge in [-0.1, -0.05) is 84.6 Å². The number of benzene rings is 6. The number of nitrogens with zero attached hydrogens (tertiary/aromatic N) is 3. The Morgan fingerprint density at radius 2 is 1.30 bits per heavy atom. The summed E-state index contributed by atoms with van der Waals surface area (Å²) in [6.07, 6.45) is 0. The molecule has 0 saturated heterocycles. The molecule has 0 fully saturated rings. The maximum atomic E-state index is 5.14. The highest BCUT2D eigenvalue weighted by Crippen LogP contribution is 2.47. The molecule has 3 nitrogen and oxygen atoms in total. The summed E-state index contributed by atoms with van der Waals surface area (Å²) < 4.78 is 2.37. The van der Waals surface area contributed by atoms with Gasteiger partial charge in [0.15, 0.2) is 5.82 Å². The van der Waals surface area contributed by atoms with Crippen molar-refractivity contribution in [2.24, 2.45) is 0 Å². The summed E-state index contributed by atoms with van der Waals surface area (Å²) in [5, 5.41) is 6.24. The normalized spacial score (nSPS) is 12.4. The van der Waals surface area contributed by atoms with Crippen LogP contribution in [-0.4, -0.2) is 14.5 Å². The van der Waals surface area contributed by atoms with Gasteiger partial charge in [-0.25, -0.2) is 9.97 Å². The highest BCUT2D eigenvalue weighted by atomic mass is 32.2. The first-order valence-corrected chi connectivity index (χ1v) is 14.2. The molecule has 0 amide bonds. The molecular formula is C36H21N3S. The van der Waals surface area contributed by atoms with Crippen LogP contribution in [-0.2, 0) is 0 Å². The number of hydrogen-bond acceptors (Lipinski definition) is 3. The van der Waals surface area contributed by atoms with Gasteiger partial charge < -0.3 is 4.57 Å². The van der Waals surface area contributed by atoms with Crippen molar-refractivity contribution in [1.82, 2.24) is 14.5 Å². The summed E-state index contributed by atoms with van der Waals surface area (Å²) in [6.45, 7) is 0. The molecule has 40 heavy (non-hydrogen) atoms. The molecular weight excluding hydrogens is 506 g/mol. The Morgan fingerprint density at radius 3 is 2.23 bits per heavy atom. The van der Waals surface area contributed by atoms with E-state index in [2.05, 4.69) is 132 Å². The van der Waals surface area contributed by atoms with E-state index in [1.807, 2.05) is 0 Å². The quantitative estimate of drug-likeness (QED) is 0.224. The van der Waals surface area contributed by atoms with Gasteiger partial charge in [0.2, 0.25) is 0 Å². The zero-order chi connectivity index (χ0) is 26.2. The number of hydrogen-bond donors (Lipinski definition) is 0. The van der Waals surface area contributed by atoms with E-state index in [0.29, 0.717) is 0 Å². The average molecular weight is 528 g/mol. The maximum Gasteiger partial charge on any atom is 0.160 e. The third-order valence-corrected chi connectivity index (χ3v) is 9.13. The maximum absolute atomic E-state index is 5.14. The second kappa shape index (κ2) is 8.28. The molecule has 0 aliphatic carbocycles. The van der Waals surface area contributed by atoms with E-state index in [4.69, 9.17) is 9.97 Å². The SMILES string of the molecule is c1ccc2c(c1)Sc1cccc3nc(-c4ccc(-n5c6ccccc6c6c7ccccc7ccc65)cc4)nc-2c13. The van der Waals surface area contributed by atoms with Gasteiger partial charge in [0.05, 0.1) is 22.2 Å². The van der Waals surface area contributed by atoms with E-state index in [9.17, 15) is 0 Å². The fourth-order valence-corrected chi connectivity index (χ4v) is 7.32. The summed E-state index contributed by atoms with van der Waals surface area (Å²) in [6, 6.07) is 45.4. The lowest BCUT2D eigenvalue weighted by molar-refractivity contribution is 1.17. The Labute approximate surface area is 234 Å². The van der Waals surface area contributed by atoms with Crippen LogP contribution < -0.4 is 0 Å². The molecule has 2 aromatic heterocycles. The highest BCUT2D eigenvalue weighted by molar-refractivity contribution is 7.99. The van der Waals surface area contributed by atoms with Crippen molar-refractivity contribution in [3.63, 3.8) is 0 Å². The minimum atomic E-state index is 0.751. The first kappa shape index (κ1) is 21.9. The third kappa shape index (κ3) is 3.08. The van der Waals surface area contributed by atoms with Crippen LogP contribution in [0.2, 0.25) is 0 Å². The van der Waals surface area contributed by atoms with E-state index >= 15 is 0 Å². The number of para-hydroxylation sites is 1. The second-order valence-corrected chi connectivity index (χ2v) is 11.3. The minimum absolute atomic E-state index is 0.751. The lowest BCUT2D eigenvalue weighted by Crippen LogP contribution is -2.00. The topological polar surface area (TPSA) is 30.7 Å². The average Bonchev–Trinajstić information content (AvgIpc) is 3.36. The van der Waals surface area contributed by atoms with Crippen LogP contribution in [0.5, 0.6) is 0 Å². The van der Waals surface area contributed by atoms with E-state index < -0.39 is 0 Å². The zero-order valence-corrected chi connectivity index (χ0v) is 22.2. The summed E-state index contributed by atoms with van der Waals surface area (Å²) in [7, 11) is 0. The van der Waals surface area contributed by atoms with Gasteiger partial charge in [-0.3, -0.25) is 0 Å². The first-order chi connectivity index (χ1) is 19.8. The van der Waals surface area contributed by atoms with Crippen LogP contribution in [0.3, 0.4) is 0 Å². The van der Waals surface area contributed by atoms with Gasteiger partial charge in [-0.05, 0) is 65.4 Å². The van der Waals surface area contributed by atoms with E-state index in [-0.39, 0.29) is 0 Å². The summed E-state index contributed by atoms with van der Waals surface area (Å²) >= 11 is 1.80. The van der Waals surface area contributed by atoms with Crippen molar-refractivity contribution in [2.75, 3.05) is 0 Å². The van der Waals surface area contributed by atoms with Crippen molar-refractivity contribution in [2.45, 2.75) is 9.79 Å². The van der Waals surface area contributed by atoms with Crippen molar-refractivity contribution >= 4 is 55.2 Å². The van der Waals surface area contributed by atoms with Crippen molar-refractivity contribution < 1.29 is 0 Å². The third-order valence-electron chi connectivity index (χ3n) is 7.99. The Hall–Kier alpha value is -4.93. The van der Waals surface area contributed by atoms with Gasteiger partial charge >= 0.3 is 0 Å². The molecule has 0 bridgehead atoms. The zero-order valence-electron chi connectivity index (χ0n) is 21.4. The molecule has 0 unspecified atom stereocenters. The van der Waals surface area contributed by atoms with Gasteiger partial charge in [-0.2, -0.15) is 0 Å². The number of fused-ring (bicyclic) bond motifs is 7. The van der Waals surface area contributed by atoms with Crippen LogP contribution in [0.1, 0.15) is 0 Å². The molecule has 186 valence electrons. The van der Waals surface area contributed by atoms with Crippen LogP contribution in [0, 0.1) is 0 Å².